The number of halogens is 2. The molecule has 3 heterocycles. The summed E-state index contributed by atoms with van der Waals surface area (Å²) in [5, 5.41) is 3.15. The van der Waals surface area contributed by atoms with E-state index in [9.17, 15) is 18.4 Å². The Balaban J connectivity index is 1.61. The van der Waals surface area contributed by atoms with E-state index >= 15 is 0 Å². The van der Waals surface area contributed by atoms with Crippen LogP contribution < -0.4 is 20.5 Å². The molecule has 1 unspecified atom stereocenters. The summed E-state index contributed by atoms with van der Waals surface area (Å²) in [7, 11) is 3.11. The van der Waals surface area contributed by atoms with Crippen molar-refractivity contribution in [3.8, 4) is 5.75 Å². The zero-order valence-corrected chi connectivity index (χ0v) is 19.2. The third-order valence-electron chi connectivity index (χ3n) is 6.01. The molecular weight excluding hydrogens is 444 g/mol. The van der Waals surface area contributed by atoms with Crippen LogP contribution in [0.2, 0.25) is 0 Å². The standard InChI is InChI=1S/C24H27F2N5O3/c1-27-22(32)14-34-21-12-16-10-15(5-6-20(16)30(2)23(21)33)11-19-18(26)13-28-24(29-19)31-8-3-4-17(25)7-9-31/h5-6,10,12-13,17H,3-4,7-9,11,14H2,1-2H3,(H,27,32). The number of carbonyl (C=O) groups excluding carboxylic acids is 1. The summed E-state index contributed by atoms with van der Waals surface area (Å²) >= 11 is 0. The quantitative estimate of drug-likeness (QED) is 0.594. The number of alkyl halides is 1. The molecule has 3 aromatic rings. The van der Waals surface area contributed by atoms with E-state index in [1.54, 1.807) is 19.2 Å². The Morgan fingerprint density at radius 2 is 2.09 bits per heavy atom. The largest absolute Gasteiger partial charge is 0.478 e. The van der Waals surface area contributed by atoms with Crippen molar-refractivity contribution in [2.45, 2.75) is 31.9 Å². The third kappa shape index (κ3) is 5.16. The number of nitrogens with one attached hydrogen (secondary N) is 1. The van der Waals surface area contributed by atoms with Gasteiger partial charge in [-0.15, -0.1) is 0 Å². The fourth-order valence-electron chi connectivity index (χ4n) is 4.05. The number of nitrogens with zero attached hydrogens (tertiary/aromatic N) is 4. The Morgan fingerprint density at radius 1 is 1.26 bits per heavy atom. The van der Waals surface area contributed by atoms with Crippen molar-refractivity contribution in [2.24, 2.45) is 7.05 Å². The van der Waals surface area contributed by atoms with Crippen LogP contribution in [0.5, 0.6) is 5.75 Å². The van der Waals surface area contributed by atoms with Crippen LogP contribution in [-0.4, -0.2) is 53.4 Å². The predicted octanol–water partition coefficient (Wildman–Crippen LogP) is 2.51. The zero-order valence-electron chi connectivity index (χ0n) is 19.2. The van der Waals surface area contributed by atoms with Crippen molar-refractivity contribution in [2.75, 3.05) is 31.6 Å². The first kappa shape index (κ1) is 23.6. The van der Waals surface area contributed by atoms with Gasteiger partial charge in [0.05, 0.1) is 17.4 Å². The van der Waals surface area contributed by atoms with Crippen molar-refractivity contribution in [1.82, 2.24) is 19.9 Å². The molecule has 1 atom stereocenters. The SMILES string of the molecule is CNC(=O)COc1cc2cc(Cc3nc(N4CCCC(F)CC4)ncc3F)ccc2n(C)c1=O. The summed E-state index contributed by atoms with van der Waals surface area (Å²) in [6.45, 7) is 0.856. The first-order valence-corrected chi connectivity index (χ1v) is 11.2. The van der Waals surface area contributed by atoms with Crippen molar-refractivity contribution >= 4 is 22.8 Å². The number of hydrogen-bond donors (Lipinski definition) is 1. The van der Waals surface area contributed by atoms with Crippen LogP contribution in [0.1, 0.15) is 30.5 Å². The molecule has 0 radical (unpaired) electrons. The molecule has 0 aliphatic carbocycles. The smallest absolute Gasteiger partial charge is 0.293 e. The highest BCUT2D eigenvalue weighted by molar-refractivity contribution is 5.81. The number of anilines is 1. The highest BCUT2D eigenvalue weighted by atomic mass is 19.1. The molecule has 1 saturated heterocycles. The summed E-state index contributed by atoms with van der Waals surface area (Å²) in [5.74, 6) is -0.411. The number of ether oxygens (including phenoxy) is 1. The lowest BCUT2D eigenvalue weighted by Crippen LogP contribution is -2.27. The highest BCUT2D eigenvalue weighted by Gasteiger charge is 2.20. The lowest BCUT2D eigenvalue weighted by Gasteiger charge is -2.20. The summed E-state index contributed by atoms with van der Waals surface area (Å²) in [6.07, 6.45) is 2.16. The van der Waals surface area contributed by atoms with E-state index in [-0.39, 0.29) is 35.9 Å². The Bertz CT molecular complexity index is 1260. The molecule has 1 aliphatic rings. The number of rotatable bonds is 6. The number of hydrogen-bond acceptors (Lipinski definition) is 6. The molecule has 1 fully saturated rings. The maximum atomic E-state index is 14.6. The minimum atomic E-state index is -0.830. The molecule has 1 aromatic carbocycles. The first-order valence-electron chi connectivity index (χ1n) is 11.2. The fourth-order valence-corrected chi connectivity index (χ4v) is 4.05. The third-order valence-corrected chi connectivity index (χ3v) is 6.01. The van der Waals surface area contributed by atoms with E-state index in [0.717, 1.165) is 11.8 Å². The fraction of sp³-hybridized carbons (Fsp3) is 0.417. The first-order chi connectivity index (χ1) is 16.4. The predicted molar refractivity (Wildman–Crippen MR) is 125 cm³/mol. The number of aryl methyl sites for hydroxylation is 1. The number of amides is 1. The van der Waals surface area contributed by atoms with E-state index in [2.05, 4.69) is 15.3 Å². The average molecular weight is 472 g/mol. The number of pyridine rings is 1. The van der Waals surface area contributed by atoms with Crippen LogP contribution in [0.25, 0.3) is 10.9 Å². The van der Waals surface area contributed by atoms with Gasteiger partial charge in [-0.3, -0.25) is 9.59 Å². The Hall–Kier alpha value is -3.56. The zero-order chi connectivity index (χ0) is 24.2. The van der Waals surface area contributed by atoms with E-state index in [0.29, 0.717) is 49.2 Å². The van der Waals surface area contributed by atoms with Gasteiger partial charge in [0.25, 0.3) is 11.5 Å². The lowest BCUT2D eigenvalue weighted by atomic mass is 10.1. The van der Waals surface area contributed by atoms with Crippen molar-refractivity contribution in [1.29, 1.82) is 0 Å². The van der Waals surface area contributed by atoms with Gasteiger partial charge in [-0.25, -0.2) is 18.7 Å². The van der Waals surface area contributed by atoms with Crippen LogP contribution in [0.15, 0.2) is 35.3 Å². The van der Waals surface area contributed by atoms with Crippen LogP contribution in [0.3, 0.4) is 0 Å². The molecule has 10 heteroatoms. The van der Waals surface area contributed by atoms with Gasteiger partial charge in [0.15, 0.2) is 18.2 Å². The molecule has 1 N–H and O–H groups in total. The maximum absolute atomic E-state index is 14.6. The molecule has 2 aromatic heterocycles. The molecule has 180 valence electrons. The molecule has 0 bridgehead atoms. The molecule has 8 nitrogen and oxygen atoms in total. The van der Waals surface area contributed by atoms with E-state index in [1.807, 2.05) is 17.0 Å². The molecule has 4 rings (SSSR count). The van der Waals surface area contributed by atoms with Crippen LogP contribution in [-0.2, 0) is 18.3 Å². The maximum Gasteiger partial charge on any atom is 0.293 e. The number of carbonyl (C=O) groups is 1. The van der Waals surface area contributed by atoms with Gasteiger partial charge >= 0.3 is 0 Å². The minimum absolute atomic E-state index is 0.0542. The Morgan fingerprint density at radius 3 is 2.88 bits per heavy atom. The second-order valence-corrected chi connectivity index (χ2v) is 8.38. The second-order valence-electron chi connectivity index (χ2n) is 8.38. The van der Waals surface area contributed by atoms with Gasteiger partial charge in [0.2, 0.25) is 5.95 Å². The van der Waals surface area contributed by atoms with E-state index < -0.39 is 12.0 Å². The lowest BCUT2D eigenvalue weighted by molar-refractivity contribution is -0.122. The van der Waals surface area contributed by atoms with Gasteiger partial charge in [-0.1, -0.05) is 6.07 Å². The number of likely N-dealkylation sites (N-methyl/N-ethyl adjacent to an activating group) is 1. The average Bonchev–Trinajstić information content (AvgIpc) is 3.06. The second kappa shape index (κ2) is 10.1. The van der Waals surface area contributed by atoms with Crippen molar-refractivity contribution in [3.63, 3.8) is 0 Å². The monoisotopic (exact) mass is 471 g/mol. The van der Waals surface area contributed by atoms with Crippen LogP contribution >= 0.6 is 0 Å². The van der Waals surface area contributed by atoms with E-state index in [1.165, 1.54) is 11.6 Å². The van der Waals surface area contributed by atoms with Gasteiger partial charge in [-0.05, 0) is 43.0 Å². The van der Waals surface area contributed by atoms with Crippen LogP contribution in [0.4, 0.5) is 14.7 Å². The van der Waals surface area contributed by atoms with Gasteiger partial charge in [-0.2, -0.15) is 0 Å². The molecule has 1 amide bonds. The topological polar surface area (TPSA) is 89.3 Å². The molecule has 1 aliphatic heterocycles. The summed E-state index contributed by atoms with van der Waals surface area (Å²) in [4.78, 5) is 34.5. The minimum Gasteiger partial charge on any atom is -0.478 e. The molecular formula is C24H27F2N5O3. The van der Waals surface area contributed by atoms with Gasteiger partial charge in [0.1, 0.15) is 6.17 Å². The van der Waals surface area contributed by atoms with Gasteiger partial charge < -0.3 is 19.5 Å². The summed E-state index contributed by atoms with van der Waals surface area (Å²) in [5.41, 5.74) is 1.34. The van der Waals surface area contributed by atoms with Gasteiger partial charge in [0, 0.05) is 39.0 Å². The van der Waals surface area contributed by atoms with Crippen molar-refractivity contribution in [3.05, 3.63) is 57.9 Å². The normalized spacial score (nSPS) is 16.4. The number of aromatic nitrogens is 3. The summed E-state index contributed by atoms with van der Waals surface area (Å²) in [6, 6.07) is 7.01. The molecule has 34 heavy (non-hydrogen) atoms. The Kier molecular flexibility index (Phi) is 7.04. The van der Waals surface area contributed by atoms with Crippen molar-refractivity contribution < 1.29 is 18.3 Å². The highest BCUT2D eigenvalue weighted by Crippen LogP contribution is 2.23. The van der Waals surface area contributed by atoms with Crippen LogP contribution in [0, 0.1) is 5.82 Å². The Labute approximate surface area is 195 Å². The molecule has 0 spiro atoms. The summed E-state index contributed by atoms with van der Waals surface area (Å²) < 4.78 is 35.1. The molecule has 0 saturated carbocycles. The van der Waals surface area contributed by atoms with E-state index in [4.69, 9.17) is 4.74 Å². The number of benzene rings is 1. The number of fused-ring (bicyclic) bond motifs is 1.